The summed E-state index contributed by atoms with van der Waals surface area (Å²) in [4.78, 5) is 50.7. The molecule has 3 rings (SSSR count). The van der Waals surface area contributed by atoms with Gasteiger partial charge in [0.25, 0.3) is 0 Å². The van der Waals surface area contributed by atoms with Crippen LogP contribution < -0.4 is 20.3 Å². The first-order chi connectivity index (χ1) is 15.3. The summed E-state index contributed by atoms with van der Waals surface area (Å²) >= 11 is 0. The zero-order chi connectivity index (χ0) is 23.3. The summed E-state index contributed by atoms with van der Waals surface area (Å²) in [6.45, 7) is 1.66. The van der Waals surface area contributed by atoms with Gasteiger partial charge in [-0.3, -0.25) is 14.4 Å². The molecule has 3 amide bonds. The van der Waals surface area contributed by atoms with Crippen LogP contribution in [0.2, 0.25) is 0 Å². The van der Waals surface area contributed by atoms with E-state index in [1.807, 2.05) is 0 Å². The number of nitrogens with zero attached hydrogens (tertiary/aromatic N) is 1. The Hall–Kier alpha value is -3.88. The largest absolute Gasteiger partial charge is 0.497 e. The van der Waals surface area contributed by atoms with E-state index in [4.69, 9.17) is 4.74 Å². The third-order valence-electron chi connectivity index (χ3n) is 5.30. The van der Waals surface area contributed by atoms with Crippen molar-refractivity contribution in [3.8, 4) is 5.75 Å². The van der Waals surface area contributed by atoms with E-state index in [0.717, 1.165) is 0 Å². The molecule has 1 fully saturated rings. The molecule has 3 N–H and O–H groups in total. The van der Waals surface area contributed by atoms with Crippen molar-refractivity contribution in [1.29, 1.82) is 0 Å². The third kappa shape index (κ3) is 5.23. The Labute approximate surface area is 185 Å². The van der Waals surface area contributed by atoms with E-state index in [-0.39, 0.29) is 18.9 Å². The highest BCUT2D eigenvalue weighted by Crippen LogP contribution is 2.27. The average Bonchev–Trinajstić information content (AvgIpc) is 3.19. The number of carboxylic acid groups (broad SMARTS) is 1. The fraction of sp³-hybridized carbons (Fsp3) is 0.304. The Balaban J connectivity index is 1.59. The summed E-state index contributed by atoms with van der Waals surface area (Å²) in [6, 6.07) is 13.0. The number of carboxylic acids is 1. The SMILES string of the molecule is COc1ccc(N2CC(C(=O)N[C@@H](C)C(=O)N[C@@H](C(=O)O)c3ccccc3)CC2=O)cc1. The van der Waals surface area contributed by atoms with Crippen molar-refractivity contribution >= 4 is 29.4 Å². The second-order valence-electron chi connectivity index (χ2n) is 7.52. The van der Waals surface area contributed by atoms with Crippen LogP contribution in [0.3, 0.4) is 0 Å². The summed E-state index contributed by atoms with van der Waals surface area (Å²) in [5.74, 6) is -2.44. The van der Waals surface area contributed by atoms with Crippen molar-refractivity contribution in [2.45, 2.75) is 25.4 Å². The molecule has 0 bridgehead atoms. The van der Waals surface area contributed by atoms with Crippen LogP contribution in [0.25, 0.3) is 0 Å². The van der Waals surface area contributed by atoms with Crippen molar-refractivity contribution in [1.82, 2.24) is 10.6 Å². The number of amides is 3. The molecule has 0 radical (unpaired) electrons. The zero-order valence-electron chi connectivity index (χ0n) is 17.8. The highest BCUT2D eigenvalue weighted by molar-refractivity contribution is 6.01. The van der Waals surface area contributed by atoms with Crippen LogP contribution in [0.4, 0.5) is 5.69 Å². The molecule has 0 aliphatic carbocycles. The summed E-state index contributed by atoms with van der Waals surface area (Å²) in [7, 11) is 1.55. The van der Waals surface area contributed by atoms with Crippen LogP contribution in [0, 0.1) is 5.92 Å². The van der Waals surface area contributed by atoms with Crippen molar-refractivity contribution in [3.63, 3.8) is 0 Å². The number of hydrogen-bond acceptors (Lipinski definition) is 5. The van der Waals surface area contributed by atoms with Crippen molar-refractivity contribution in [2.24, 2.45) is 5.92 Å². The maximum atomic E-state index is 12.7. The standard InChI is InChI=1S/C23H25N3O6/c1-14(21(28)25-20(23(30)31)15-6-4-3-5-7-15)24-22(29)16-12-19(27)26(13-16)17-8-10-18(32-2)11-9-17/h3-11,14,16,20H,12-13H2,1-2H3,(H,24,29)(H,25,28)(H,30,31)/t14-,16?,20+/m0/s1. The molecule has 1 unspecified atom stereocenters. The lowest BCUT2D eigenvalue weighted by Gasteiger charge is -2.20. The van der Waals surface area contributed by atoms with Gasteiger partial charge in [0.15, 0.2) is 6.04 Å². The number of carbonyl (C=O) groups excluding carboxylic acids is 3. The summed E-state index contributed by atoms with van der Waals surface area (Å²) in [5.41, 5.74) is 1.08. The minimum atomic E-state index is -1.23. The summed E-state index contributed by atoms with van der Waals surface area (Å²) in [6.07, 6.45) is 0.0218. The van der Waals surface area contributed by atoms with Gasteiger partial charge in [0.1, 0.15) is 11.8 Å². The number of carbonyl (C=O) groups is 4. The number of methoxy groups -OCH3 is 1. The number of anilines is 1. The fourth-order valence-corrected chi connectivity index (χ4v) is 3.49. The molecule has 0 aromatic heterocycles. The molecule has 0 spiro atoms. The molecule has 1 heterocycles. The van der Waals surface area contributed by atoms with E-state index < -0.39 is 35.8 Å². The first-order valence-corrected chi connectivity index (χ1v) is 10.1. The molecule has 2 aromatic carbocycles. The van der Waals surface area contributed by atoms with Gasteiger partial charge in [0.2, 0.25) is 17.7 Å². The molecular formula is C23H25N3O6. The maximum absolute atomic E-state index is 12.7. The number of aliphatic carboxylic acids is 1. The van der Waals surface area contributed by atoms with Gasteiger partial charge in [-0.25, -0.2) is 4.79 Å². The molecule has 168 valence electrons. The normalized spacial score (nSPS) is 17.4. The smallest absolute Gasteiger partial charge is 0.330 e. The van der Waals surface area contributed by atoms with Crippen LogP contribution in [0.15, 0.2) is 54.6 Å². The van der Waals surface area contributed by atoms with Gasteiger partial charge in [-0.1, -0.05) is 30.3 Å². The van der Waals surface area contributed by atoms with E-state index in [1.54, 1.807) is 61.7 Å². The summed E-state index contributed by atoms with van der Waals surface area (Å²) in [5, 5.41) is 14.5. The first-order valence-electron chi connectivity index (χ1n) is 10.1. The highest BCUT2D eigenvalue weighted by atomic mass is 16.5. The van der Waals surface area contributed by atoms with Crippen molar-refractivity contribution in [2.75, 3.05) is 18.6 Å². The van der Waals surface area contributed by atoms with E-state index in [9.17, 15) is 24.3 Å². The molecule has 2 aromatic rings. The predicted octanol–water partition coefficient (Wildman–Crippen LogP) is 1.49. The molecule has 1 saturated heterocycles. The van der Waals surface area contributed by atoms with E-state index >= 15 is 0 Å². The lowest BCUT2D eigenvalue weighted by Crippen LogP contribution is -2.49. The Morgan fingerprint density at radius 3 is 2.31 bits per heavy atom. The lowest BCUT2D eigenvalue weighted by molar-refractivity contribution is -0.142. The topological polar surface area (TPSA) is 125 Å². The van der Waals surface area contributed by atoms with Crippen LogP contribution in [0.1, 0.15) is 24.9 Å². The zero-order valence-corrected chi connectivity index (χ0v) is 17.8. The van der Waals surface area contributed by atoms with E-state index in [1.165, 1.54) is 11.8 Å². The summed E-state index contributed by atoms with van der Waals surface area (Å²) < 4.78 is 5.11. The van der Waals surface area contributed by atoms with Gasteiger partial charge >= 0.3 is 5.97 Å². The number of ether oxygens (including phenoxy) is 1. The third-order valence-corrected chi connectivity index (χ3v) is 5.30. The van der Waals surface area contributed by atoms with Gasteiger partial charge in [0.05, 0.1) is 13.0 Å². The molecule has 9 nitrogen and oxygen atoms in total. The molecule has 1 aliphatic rings. The van der Waals surface area contributed by atoms with Crippen molar-refractivity contribution in [3.05, 3.63) is 60.2 Å². The number of nitrogens with one attached hydrogen (secondary N) is 2. The second kappa shape index (κ2) is 9.95. The lowest BCUT2D eigenvalue weighted by atomic mass is 10.1. The van der Waals surface area contributed by atoms with E-state index in [2.05, 4.69) is 10.6 Å². The van der Waals surface area contributed by atoms with Crippen LogP contribution in [0.5, 0.6) is 5.75 Å². The van der Waals surface area contributed by atoms with Crippen LogP contribution in [-0.2, 0) is 19.2 Å². The Kier molecular flexibility index (Phi) is 7.09. The number of rotatable bonds is 8. The molecule has 9 heteroatoms. The Morgan fingerprint density at radius 2 is 1.72 bits per heavy atom. The molecule has 3 atom stereocenters. The quantitative estimate of drug-likeness (QED) is 0.572. The Bertz CT molecular complexity index is 993. The molecular weight excluding hydrogens is 414 g/mol. The second-order valence-corrected chi connectivity index (χ2v) is 7.52. The molecule has 1 aliphatic heterocycles. The number of benzene rings is 2. The number of hydrogen-bond donors (Lipinski definition) is 3. The fourth-order valence-electron chi connectivity index (χ4n) is 3.49. The van der Waals surface area contributed by atoms with Gasteiger partial charge in [-0.15, -0.1) is 0 Å². The molecule has 0 saturated carbocycles. The highest BCUT2D eigenvalue weighted by Gasteiger charge is 2.36. The van der Waals surface area contributed by atoms with Gasteiger partial charge in [-0.05, 0) is 36.8 Å². The van der Waals surface area contributed by atoms with Gasteiger partial charge in [0, 0.05) is 18.7 Å². The van der Waals surface area contributed by atoms with Gasteiger partial charge < -0.3 is 25.4 Å². The monoisotopic (exact) mass is 439 g/mol. The van der Waals surface area contributed by atoms with Gasteiger partial charge in [-0.2, -0.15) is 0 Å². The van der Waals surface area contributed by atoms with Crippen molar-refractivity contribution < 1.29 is 29.0 Å². The maximum Gasteiger partial charge on any atom is 0.330 e. The Morgan fingerprint density at radius 1 is 1.06 bits per heavy atom. The average molecular weight is 439 g/mol. The van der Waals surface area contributed by atoms with Crippen LogP contribution in [-0.4, -0.2) is 48.5 Å². The minimum absolute atomic E-state index is 0.0218. The van der Waals surface area contributed by atoms with E-state index in [0.29, 0.717) is 17.0 Å². The predicted molar refractivity (Wildman–Crippen MR) is 116 cm³/mol. The molecule has 32 heavy (non-hydrogen) atoms. The minimum Gasteiger partial charge on any atom is -0.497 e. The first kappa shape index (κ1) is 22.8. The van der Waals surface area contributed by atoms with Crippen LogP contribution >= 0.6 is 0 Å².